The maximum Gasteiger partial charge on any atom is 0.529 e. The summed E-state index contributed by atoms with van der Waals surface area (Å²) in [5.41, 5.74) is 0.514. The molecule has 0 saturated heterocycles. The van der Waals surface area contributed by atoms with E-state index in [1.54, 1.807) is 48.5 Å². The molecule has 2 rings (SSSR count). The van der Waals surface area contributed by atoms with Crippen LogP contribution in [0.25, 0.3) is 0 Å². The second-order valence-electron chi connectivity index (χ2n) is 11.6. The summed E-state index contributed by atoms with van der Waals surface area (Å²) in [6.45, 7) is 2.28. The minimum absolute atomic E-state index is 0.00527. The molecule has 1 unspecified atom stereocenters. The second-order valence-corrected chi connectivity index (χ2v) is 13.7. The van der Waals surface area contributed by atoms with Gasteiger partial charge in [0.2, 0.25) is 0 Å². The number of hydrogen-bond donors (Lipinski definition) is 0. The van der Waals surface area contributed by atoms with Crippen molar-refractivity contribution in [3.63, 3.8) is 0 Å². The molecule has 0 spiro atoms. The van der Waals surface area contributed by atoms with Crippen molar-refractivity contribution in [3.8, 4) is 17.6 Å². The van der Waals surface area contributed by atoms with Crippen LogP contribution >= 0.6 is 19.4 Å². The van der Waals surface area contributed by atoms with Gasteiger partial charge in [0.1, 0.15) is 17.6 Å². The summed E-state index contributed by atoms with van der Waals surface area (Å²) in [6.07, 6.45) is 24.1. The van der Waals surface area contributed by atoms with E-state index >= 15 is 0 Å². The number of nitriles is 1. The van der Waals surface area contributed by atoms with Crippen molar-refractivity contribution >= 4 is 19.4 Å². The maximum atomic E-state index is 13.2. The molecule has 2 aromatic rings. The smallest absolute Gasteiger partial charge is 0.488 e. The van der Waals surface area contributed by atoms with Crippen LogP contribution in [0.1, 0.15) is 134 Å². The fourth-order valence-electron chi connectivity index (χ4n) is 5.21. The number of nitrogens with zero attached hydrogens (tertiary/aromatic N) is 1. The highest BCUT2D eigenvalue weighted by Crippen LogP contribution is 2.50. The molecule has 2 aromatic carbocycles. The first-order valence-electron chi connectivity index (χ1n) is 16.9. The molecular weight excluding hydrogens is 593 g/mol. The highest BCUT2D eigenvalue weighted by Gasteiger charge is 2.30. The Kier molecular flexibility index (Phi) is 21.0. The average molecular weight is 648 g/mol. The van der Waals surface area contributed by atoms with Gasteiger partial charge in [-0.3, -0.25) is 9.05 Å². The quantitative estimate of drug-likeness (QED) is 0.0709. The summed E-state index contributed by atoms with van der Waals surface area (Å²) in [6, 6.07) is 15.9. The van der Waals surface area contributed by atoms with Crippen LogP contribution in [0.2, 0.25) is 5.02 Å². The van der Waals surface area contributed by atoms with E-state index in [2.05, 4.69) is 13.0 Å². The van der Waals surface area contributed by atoms with Crippen molar-refractivity contribution in [1.82, 2.24) is 0 Å². The van der Waals surface area contributed by atoms with Crippen LogP contribution in [0, 0.1) is 11.3 Å². The maximum absolute atomic E-state index is 13.2. The predicted molar refractivity (Wildman–Crippen MR) is 182 cm³/mol. The summed E-state index contributed by atoms with van der Waals surface area (Å²) < 4.78 is 35.7. The van der Waals surface area contributed by atoms with E-state index in [0.717, 1.165) is 12.8 Å². The summed E-state index contributed by atoms with van der Waals surface area (Å²) in [5, 5.41) is 9.58. The molecule has 0 aliphatic heterocycles. The largest absolute Gasteiger partial charge is 0.529 e. The van der Waals surface area contributed by atoms with Crippen LogP contribution in [-0.4, -0.2) is 19.8 Å². The molecule has 8 heteroatoms. The number of phosphoric acid groups is 1. The van der Waals surface area contributed by atoms with E-state index in [0.29, 0.717) is 22.8 Å². The van der Waals surface area contributed by atoms with Crippen molar-refractivity contribution in [2.75, 3.05) is 13.7 Å². The average Bonchev–Trinajstić information content (AvgIpc) is 3.04. The lowest BCUT2D eigenvalue weighted by Crippen LogP contribution is -2.23. The summed E-state index contributed by atoms with van der Waals surface area (Å²) >= 11 is 6.17. The van der Waals surface area contributed by atoms with Gasteiger partial charge in [-0.15, -0.1) is 0 Å². The third-order valence-corrected chi connectivity index (χ3v) is 9.48. The molecule has 0 aromatic heterocycles. The molecule has 0 bridgehead atoms. The summed E-state index contributed by atoms with van der Waals surface area (Å²) in [5.74, 6) is 0.793. The lowest BCUT2D eigenvalue weighted by Gasteiger charge is -2.22. The SMILES string of the molecule is CCCCCCCCCCCCCCCCCCCC[C@H](COP(=O)(OC)Oc1ccccc1Cl)Oc1cccc(C#N)c1. The van der Waals surface area contributed by atoms with Crippen molar-refractivity contribution < 1.29 is 22.9 Å². The lowest BCUT2D eigenvalue weighted by atomic mass is 10.0. The minimum atomic E-state index is -3.92. The zero-order valence-corrected chi connectivity index (χ0v) is 28.8. The van der Waals surface area contributed by atoms with Crippen molar-refractivity contribution in [1.29, 1.82) is 5.26 Å². The van der Waals surface area contributed by atoms with Gasteiger partial charge in [0, 0.05) is 7.11 Å². The van der Waals surface area contributed by atoms with Gasteiger partial charge in [0.25, 0.3) is 0 Å². The first kappa shape index (κ1) is 38.2. The van der Waals surface area contributed by atoms with Gasteiger partial charge in [-0.2, -0.15) is 5.26 Å². The Labute approximate surface area is 272 Å². The van der Waals surface area contributed by atoms with Gasteiger partial charge in [-0.1, -0.05) is 146 Å². The van der Waals surface area contributed by atoms with Crippen LogP contribution in [0.3, 0.4) is 0 Å². The Bertz CT molecular complexity index is 1110. The summed E-state index contributed by atoms with van der Waals surface area (Å²) in [7, 11) is -2.64. The highest BCUT2D eigenvalue weighted by atomic mass is 35.5. The summed E-state index contributed by atoms with van der Waals surface area (Å²) in [4.78, 5) is 0. The molecule has 246 valence electrons. The zero-order valence-electron chi connectivity index (χ0n) is 27.2. The van der Waals surface area contributed by atoms with Gasteiger partial charge >= 0.3 is 7.82 Å². The van der Waals surface area contributed by atoms with Gasteiger partial charge in [0.15, 0.2) is 0 Å². The predicted octanol–water partition coefficient (Wildman–Crippen LogP) is 12.2. The van der Waals surface area contributed by atoms with Gasteiger partial charge in [-0.25, -0.2) is 4.57 Å². The normalized spacial score (nSPS) is 13.2. The van der Waals surface area contributed by atoms with E-state index < -0.39 is 7.82 Å². The number of para-hydroxylation sites is 1. The first-order valence-corrected chi connectivity index (χ1v) is 18.7. The molecule has 0 fully saturated rings. The molecule has 2 atom stereocenters. The van der Waals surface area contributed by atoms with Crippen molar-refractivity contribution in [2.45, 2.75) is 135 Å². The van der Waals surface area contributed by atoms with Gasteiger partial charge < -0.3 is 9.26 Å². The fraction of sp³-hybridized carbons (Fsp3) is 0.639. The van der Waals surface area contributed by atoms with Crippen LogP contribution in [0.15, 0.2) is 48.5 Å². The Balaban J connectivity index is 1.65. The Morgan fingerprint density at radius 1 is 0.773 bits per heavy atom. The third-order valence-electron chi connectivity index (χ3n) is 7.83. The van der Waals surface area contributed by atoms with Crippen LogP contribution < -0.4 is 9.26 Å². The molecule has 0 saturated carbocycles. The van der Waals surface area contributed by atoms with E-state index in [4.69, 9.17) is 29.9 Å². The van der Waals surface area contributed by atoms with E-state index in [1.165, 1.54) is 110 Å². The van der Waals surface area contributed by atoms with Crippen molar-refractivity contribution in [3.05, 3.63) is 59.1 Å². The number of rotatable bonds is 27. The van der Waals surface area contributed by atoms with Gasteiger partial charge in [-0.05, 0) is 43.2 Å². The monoisotopic (exact) mass is 647 g/mol. The number of ether oxygens (including phenoxy) is 1. The zero-order chi connectivity index (χ0) is 31.7. The topological polar surface area (TPSA) is 77.8 Å². The van der Waals surface area contributed by atoms with Crippen LogP contribution in [0.4, 0.5) is 0 Å². The number of benzene rings is 2. The first-order chi connectivity index (χ1) is 21.5. The standard InChI is InChI=1S/C36H55ClNO5P/c1-3-4-5-6-7-8-9-10-11-12-13-14-15-16-17-18-19-20-25-34(42-33-26-23-24-32(29-33)30-38)31-41-44(39,40-2)43-36-28-22-21-27-35(36)37/h21-24,26-29,34H,3-20,25,31H2,1-2H3/t34-,44?/m1/s1. The molecule has 44 heavy (non-hydrogen) atoms. The Hall–Kier alpha value is -2.03. The number of unbranched alkanes of at least 4 members (excludes halogenated alkanes) is 17. The fourth-order valence-corrected chi connectivity index (χ4v) is 6.42. The molecule has 0 radical (unpaired) electrons. The lowest BCUT2D eigenvalue weighted by molar-refractivity contribution is 0.0905. The minimum Gasteiger partial charge on any atom is -0.488 e. The molecule has 0 aliphatic carbocycles. The van der Waals surface area contributed by atoms with Gasteiger partial charge in [0.05, 0.1) is 23.3 Å². The van der Waals surface area contributed by atoms with Crippen LogP contribution in [0.5, 0.6) is 11.5 Å². The molecule has 0 amide bonds. The van der Waals surface area contributed by atoms with E-state index in [1.807, 2.05) is 0 Å². The van der Waals surface area contributed by atoms with Crippen molar-refractivity contribution in [2.24, 2.45) is 0 Å². The molecule has 6 nitrogen and oxygen atoms in total. The van der Waals surface area contributed by atoms with Crippen LogP contribution in [-0.2, 0) is 13.6 Å². The Morgan fingerprint density at radius 3 is 1.84 bits per heavy atom. The number of phosphoric ester groups is 1. The van der Waals surface area contributed by atoms with E-state index in [-0.39, 0.29) is 18.5 Å². The third kappa shape index (κ3) is 17.5. The molecular formula is C36H55ClNO5P. The number of halogens is 1. The molecule has 0 aliphatic rings. The molecule has 0 heterocycles. The second kappa shape index (κ2) is 24.2. The highest BCUT2D eigenvalue weighted by molar-refractivity contribution is 7.48. The molecule has 0 N–H and O–H groups in total. The number of hydrogen-bond acceptors (Lipinski definition) is 6. The van der Waals surface area contributed by atoms with E-state index in [9.17, 15) is 9.83 Å². The Morgan fingerprint density at radius 2 is 1.32 bits per heavy atom.